The van der Waals surface area contributed by atoms with Crippen molar-refractivity contribution >= 4 is 29.0 Å². The predicted molar refractivity (Wildman–Crippen MR) is 78.8 cm³/mol. The molecular formula is C12H15N3O5S. The summed E-state index contributed by atoms with van der Waals surface area (Å²) in [4.78, 5) is 22.4. The molecule has 1 aromatic rings. The van der Waals surface area contributed by atoms with E-state index in [2.05, 4.69) is 5.32 Å². The summed E-state index contributed by atoms with van der Waals surface area (Å²) in [6, 6.07) is 1.88. The summed E-state index contributed by atoms with van der Waals surface area (Å²) in [5.74, 6) is 0.906. The van der Waals surface area contributed by atoms with Crippen molar-refractivity contribution in [1.82, 2.24) is 0 Å². The number of benzene rings is 1. The van der Waals surface area contributed by atoms with Crippen molar-refractivity contribution in [3.63, 3.8) is 0 Å². The van der Waals surface area contributed by atoms with Crippen LogP contribution >= 0.6 is 11.8 Å². The van der Waals surface area contributed by atoms with Gasteiger partial charge in [-0.2, -0.15) is 11.8 Å². The Labute approximate surface area is 125 Å². The van der Waals surface area contributed by atoms with Crippen molar-refractivity contribution in [2.45, 2.75) is 12.5 Å². The van der Waals surface area contributed by atoms with Gasteiger partial charge in [0.2, 0.25) is 12.7 Å². The molecule has 1 amide bonds. The van der Waals surface area contributed by atoms with Gasteiger partial charge in [0.25, 0.3) is 5.69 Å². The van der Waals surface area contributed by atoms with E-state index < -0.39 is 16.9 Å². The SMILES string of the molecule is CSCC[C@H](N)C(=O)Nc1cc2c(cc1[N+](=O)[O-])OCO2. The lowest BCUT2D eigenvalue weighted by Gasteiger charge is -2.12. The molecule has 1 aromatic carbocycles. The number of nitrogens with one attached hydrogen (secondary N) is 1. The second-order valence-corrected chi connectivity index (χ2v) is 5.34. The van der Waals surface area contributed by atoms with Gasteiger partial charge in [0.15, 0.2) is 11.5 Å². The number of anilines is 1. The molecule has 0 saturated heterocycles. The van der Waals surface area contributed by atoms with Crippen molar-refractivity contribution in [2.24, 2.45) is 5.73 Å². The minimum Gasteiger partial charge on any atom is -0.454 e. The molecule has 114 valence electrons. The minimum atomic E-state index is -0.720. The van der Waals surface area contributed by atoms with Gasteiger partial charge in [0.1, 0.15) is 5.69 Å². The van der Waals surface area contributed by atoms with Crippen LogP contribution in [0.15, 0.2) is 12.1 Å². The van der Waals surface area contributed by atoms with Crippen LogP contribution in [0.4, 0.5) is 11.4 Å². The lowest BCUT2D eigenvalue weighted by molar-refractivity contribution is -0.384. The number of nitro groups is 1. The van der Waals surface area contributed by atoms with E-state index in [0.29, 0.717) is 12.2 Å². The summed E-state index contributed by atoms with van der Waals surface area (Å²) >= 11 is 1.57. The highest BCUT2D eigenvalue weighted by atomic mass is 32.2. The molecule has 0 saturated carbocycles. The van der Waals surface area contributed by atoms with Crippen LogP contribution in [0, 0.1) is 10.1 Å². The van der Waals surface area contributed by atoms with Gasteiger partial charge < -0.3 is 20.5 Å². The molecule has 0 fully saturated rings. The Morgan fingerprint density at radius 2 is 2.19 bits per heavy atom. The van der Waals surface area contributed by atoms with E-state index in [4.69, 9.17) is 15.2 Å². The fourth-order valence-corrected chi connectivity index (χ4v) is 2.27. The zero-order chi connectivity index (χ0) is 15.4. The molecule has 0 bridgehead atoms. The number of ether oxygens (including phenoxy) is 2. The van der Waals surface area contributed by atoms with E-state index in [1.54, 1.807) is 11.8 Å². The molecule has 1 atom stereocenters. The monoisotopic (exact) mass is 313 g/mol. The van der Waals surface area contributed by atoms with Gasteiger partial charge in [-0.3, -0.25) is 14.9 Å². The molecule has 0 aromatic heterocycles. The number of nitro benzene ring substituents is 1. The van der Waals surface area contributed by atoms with Crippen molar-refractivity contribution in [3.8, 4) is 11.5 Å². The van der Waals surface area contributed by atoms with Crippen molar-refractivity contribution in [2.75, 3.05) is 24.1 Å². The van der Waals surface area contributed by atoms with E-state index in [9.17, 15) is 14.9 Å². The van der Waals surface area contributed by atoms with Gasteiger partial charge in [-0.05, 0) is 18.4 Å². The molecular weight excluding hydrogens is 298 g/mol. The zero-order valence-corrected chi connectivity index (χ0v) is 12.1. The average molecular weight is 313 g/mol. The molecule has 3 N–H and O–H groups in total. The fourth-order valence-electron chi connectivity index (χ4n) is 1.78. The van der Waals surface area contributed by atoms with E-state index in [0.717, 1.165) is 5.75 Å². The van der Waals surface area contributed by atoms with Crippen LogP contribution in [-0.4, -0.2) is 35.7 Å². The number of carbonyl (C=O) groups excluding carboxylic acids is 1. The first-order valence-electron chi connectivity index (χ1n) is 6.16. The number of nitrogens with two attached hydrogens (primary N) is 1. The summed E-state index contributed by atoms with van der Waals surface area (Å²) in [5.41, 5.74) is 5.53. The zero-order valence-electron chi connectivity index (χ0n) is 11.3. The van der Waals surface area contributed by atoms with Crippen molar-refractivity contribution in [3.05, 3.63) is 22.2 Å². The van der Waals surface area contributed by atoms with Crippen LogP contribution < -0.4 is 20.5 Å². The highest BCUT2D eigenvalue weighted by molar-refractivity contribution is 7.98. The normalized spacial score (nSPS) is 13.8. The minimum absolute atomic E-state index is 0.00285. The predicted octanol–water partition coefficient (Wildman–Crippen LogP) is 1.34. The third kappa shape index (κ3) is 3.56. The van der Waals surface area contributed by atoms with Crippen molar-refractivity contribution < 1.29 is 19.2 Å². The highest BCUT2D eigenvalue weighted by Crippen LogP contribution is 2.40. The molecule has 21 heavy (non-hydrogen) atoms. The second kappa shape index (κ2) is 6.64. The lowest BCUT2D eigenvalue weighted by atomic mass is 10.2. The van der Waals surface area contributed by atoms with Crippen LogP contribution in [0.5, 0.6) is 11.5 Å². The molecule has 1 aliphatic heterocycles. The van der Waals surface area contributed by atoms with Gasteiger partial charge in [-0.1, -0.05) is 0 Å². The quantitative estimate of drug-likeness (QED) is 0.601. The first-order valence-corrected chi connectivity index (χ1v) is 7.55. The largest absolute Gasteiger partial charge is 0.454 e. The van der Waals surface area contributed by atoms with Gasteiger partial charge in [0.05, 0.1) is 17.0 Å². The van der Waals surface area contributed by atoms with Gasteiger partial charge in [0, 0.05) is 6.07 Å². The standard InChI is InChI=1S/C12H15N3O5S/c1-21-3-2-7(13)12(16)14-8-4-10-11(20-6-19-10)5-9(8)15(17)18/h4-5,7H,2-3,6,13H2,1H3,(H,14,16)/t7-/m0/s1. The summed E-state index contributed by atoms with van der Waals surface area (Å²) in [5, 5.41) is 13.5. The Morgan fingerprint density at radius 3 is 2.81 bits per heavy atom. The molecule has 0 unspecified atom stereocenters. The van der Waals surface area contributed by atoms with E-state index in [1.165, 1.54) is 12.1 Å². The Bertz CT molecular complexity index is 566. The first kappa shape index (κ1) is 15.4. The third-order valence-corrected chi connectivity index (χ3v) is 3.56. The summed E-state index contributed by atoms with van der Waals surface area (Å²) in [6.45, 7) is -0.00285. The van der Waals surface area contributed by atoms with Crippen LogP contribution in [0.25, 0.3) is 0 Å². The summed E-state index contributed by atoms with van der Waals surface area (Å²) in [6.07, 6.45) is 2.40. The Balaban J connectivity index is 2.19. The summed E-state index contributed by atoms with van der Waals surface area (Å²) in [7, 11) is 0. The van der Waals surface area contributed by atoms with Gasteiger partial charge in [-0.25, -0.2) is 0 Å². The second-order valence-electron chi connectivity index (χ2n) is 4.36. The number of nitrogens with zero attached hydrogens (tertiary/aromatic N) is 1. The smallest absolute Gasteiger partial charge is 0.296 e. The van der Waals surface area contributed by atoms with Crippen LogP contribution in [0.1, 0.15) is 6.42 Å². The molecule has 1 heterocycles. The number of hydrogen-bond donors (Lipinski definition) is 2. The maximum Gasteiger partial charge on any atom is 0.296 e. The van der Waals surface area contributed by atoms with E-state index in [1.807, 2.05) is 6.26 Å². The number of carbonyl (C=O) groups is 1. The summed E-state index contributed by atoms with van der Waals surface area (Å²) < 4.78 is 10.2. The number of rotatable bonds is 6. The third-order valence-electron chi connectivity index (χ3n) is 2.92. The number of fused-ring (bicyclic) bond motifs is 1. The average Bonchev–Trinajstić information content (AvgIpc) is 2.90. The van der Waals surface area contributed by atoms with Crippen LogP contribution in [0.2, 0.25) is 0 Å². The lowest BCUT2D eigenvalue weighted by Crippen LogP contribution is -2.36. The van der Waals surface area contributed by atoms with Crippen LogP contribution in [0.3, 0.4) is 0 Å². The number of amides is 1. The van der Waals surface area contributed by atoms with E-state index in [-0.39, 0.29) is 23.9 Å². The molecule has 2 rings (SSSR count). The van der Waals surface area contributed by atoms with Gasteiger partial charge >= 0.3 is 0 Å². The van der Waals surface area contributed by atoms with Crippen molar-refractivity contribution in [1.29, 1.82) is 0 Å². The van der Waals surface area contributed by atoms with Gasteiger partial charge in [-0.15, -0.1) is 0 Å². The fraction of sp³-hybridized carbons (Fsp3) is 0.417. The number of hydrogen-bond acceptors (Lipinski definition) is 7. The number of thioether (sulfide) groups is 1. The highest BCUT2D eigenvalue weighted by Gasteiger charge is 2.25. The maximum absolute atomic E-state index is 12.0. The molecule has 0 aliphatic carbocycles. The van der Waals surface area contributed by atoms with Crippen LogP contribution in [-0.2, 0) is 4.79 Å². The topological polar surface area (TPSA) is 117 Å². The molecule has 9 heteroatoms. The molecule has 0 spiro atoms. The first-order chi connectivity index (χ1) is 10.0. The Kier molecular flexibility index (Phi) is 4.86. The Hall–Kier alpha value is -2.00. The Morgan fingerprint density at radius 1 is 1.52 bits per heavy atom. The molecule has 0 radical (unpaired) electrons. The maximum atomic E-state index is 12.0. The molecule has 8 nitrogen and oxygen atoms in total. The van der Waals surface area contributed by atoms with E-state index >= 15 is 0 Å². The molecule has 1 aliphatic rings.